The van der Waals surface area contributed by atoms with E-state index in [9.17, 15) is 9.59 Å². The Hall–Kier alpha value is -3.19. The van der Waals surface area contributed by atoms with Crippen molar-refractivity contribution >= 4 is 34.5 Å². The fraction of sp³-hybridized carbons (Fsp3) is 0.227. The Kier molecular flexibility index (Phi) is 6.29. The molecule has 0 aliphatic rings. The number of carbonyl (C=O) groups is 2. The van der Waals surface area contributed by atoms with Crippen LogP contribution in [0.4, 0.5) is 11.4 Å². The number of benzene rings is 2. The van der Waals surface area contributed by atoms with Crippen LogP contribution in [0.1, 0.15) is 34.8 Å². The van der Waals surface area contributed by atoms with Gasteiger partial charge in [0, 0.05) is 18.2 Å². The number of rotatable bonds is 6. The zero-order chi connectivity index (χ0) is 21.0. The van der Waals surface area contributed by atoms with Crippen LogP contribution in [0.3, 0.4) is 0 Å². The van der Waals surface area contributed by atoms with Gasteiger partial charge in [-0.3, -0.25) is 9.59 Å². The van der Waals surface area contributed by atoms with Crippen molar-refractivity contribution in [3.63, 3.8) is 0 Å². The molecular weight excluding hydrogens is 386 g/mol. The molecule has 0 saturated carbocycles. The number of anilines is 2. The number of amides is 2. The molecule has 0 spiro atoms. The van der Waals surface area contributed by atoms with E-state index in [2.05, 4.69) is 34.7 Å². The normalized spacial score (nSPS) is 10.5. The third-order valence-electron chi connectivity index (χ3n) is 4.38. The molecule has 1 heterocycles. The first-order valence-electron chi connectivity index (χ1n) is 9.25. The maximum absolute atomic E-state index is 12.9. The number of hydrogen-bond donors (Lipinski definition) is 2. The van der Waals surface area contributed by atoms with Crippen LogP contribution in [-0.2, 0) is 11.2 Å². The summed E-state index contributed by atoms with van der Waals surface area (Å²) in [7, 11) is 1.53. The van der Waals surface area contributed by atoms with E-state index in [1.54, 1.807) is 18.2 Å². The third-order valence-corrected chi connectivity index (χ3v) is 5.59. The molecule has 7 heteroatoms. The molecule has 3 aromatic rings. The molecular formula is C22H23N3O3S. The van der Waals surface area contributed by atoms with Gasteiger partial charge in [0.25, 0.3) is 5.91 Å². The van der Waals surface area contributed by atoms with Gasteiger partial charge in [0.2, 0.25) is 5.91 Å². The number of hydrogen-bond acceptors (Lipinski definition) is 5. The van der Waals surface area contributed by atoms with Crippen molar-refractivity contribution in [2.75, 3.05) is 17.7 Å². The minimum atomic E-state index is -0.269. The van der Waals surface area contributed by atoms with Crippen LogP contribution < -0.4 is 15.4 Å². The van der Waals surface area contributed by atoms with Gasteiger partial charge in [0.05, 0.1) is 18.5 Å². The van der Waals surface area contributed by atoms with Crippen molar-refractivity contribution in [1.82, 2.24) is 4.98 Å². The van der Waals surface area contributed by atoms with Crippen LogP contribution in [0.25, 0.3) is 10.6 Å². The monoisotopic (exact) mass is 409 g/mol. The van der Waals surface area contributed by atoms with Crippen LogP contribution in [0.2, 0.25) is 0 Å². The first-order chi connectivity index (χ1) is 13.9. The van der Waals surface area contributed by atoms with Crippen LogP contribution in [0.15, 0.2) is 42.5 Å². The van der Waals surface area contributed by atoms with E-state index < -0.39 is 0 Å². The van der Waals surface area contributed by atoms with E-state index in [4.69, 9.17) is 4.74 Å². The Bertz CT molecular complexity index is 1040. The number of aromatic nitrogens is 1. The molecule has 0 aliphatic heterocycles. The fourth-order valence-corrected chi connectivity index (χ4v) is 3.85. The largest absolute Gasteiger partial charge is 0.495 e. The van der Waals surface area contributed by atoms with Crippen molar-refractivity contribution in [3.05, 3.63) is 58.6 Å². The topological polar surface area (TPSA) is 80.3 Å². The summed E-state index contributed by atoms with van der Waals surface area (Å²) < 4.78 is 5.33. The van der Waals surface area contributed by atoms with Gasteiger partial charge < -0.3 is 15.4 Å². The van der Waals surface area contributed by atoms with Gasteiger partial charge in [0.15, 0.2) is 0 Å². The maximum atomic E-state index is 12.9. The molecule has 150 valence electrons. The molecule has 1 aromatic heterocycles. The lowest BCUT2D eigenvalue weighted by atomic mass is 10.1. The quantitative estimate of drug-likeness (QED) is 0.607. The van der Waals surface area contributed by atoms with Gasteiger partial charge in [-0.15, -0.1) is 11.3 Å². The highest BCUT2D eigenvalue weighted by Crippen LogP contribution is 2.31. The number of thiazole rings is 1. The van der Waals surface area contributed by atoms with Gasteiger partial charge in [-0.2, -0.15) is 0 Å². The summed E-state index contributed by atoms with van der Waals surface area (Å²) in [5.74, 6) is 0.0455. The average Bonchev–Trinajstić information content (AvgIpc) is 3.09. The lowest BCUT2D eigenvalue weighted by Crippen LogP contribution is -2.13. The van der Waals surface area contributed by atoms with Crippen molar-refractivity contribution < 1.29 is 14.3 Å². The molecule has 2 N–H and O–H groups in total. The Balaban J connectivity index is 1.85. The van der Waals surface area contributed by atoms with E-state index in [-0.39, 0.29) is 11.8 Å². The Morgan fingerprint density at radius 3 is 2.45 bits per heavy atom. The lowest BCUT2D eigenvalue weighted by molar-refractivity contribution is -0.114. The van der Waals surface area contributed by atoms with Crippen LogP contribution >= 0.6 is 11.3 Å². The van der Waals surface area contributed by atoms with Crippen molar-refractivity contribution in [1.29, 1.82) is 0 Å². The maximum Gasteiger partial charge on any atom is 0.267 e. The third kappa shape index (κ3) is 4.81. The Morgan fingerprint density at radius 2 is 1.83 bits per heavy atom. The van der Waals surface area contributed by atoms with Crippen molar-refractivity contribution in [3.8, 4) is 16.3 Å². The van der Waals surface area contributed by atoms with Crippen molar-refractivity contribution in [2.24, 2.45) is 0 Å². The first kappa shape index (κ1) is 20.5. The van der Waals surface area contributed by atoms with Gasteiger partial charge in [0.1, 0.15) is 15.6 Å². The summed E-state index contributed by atoms with van der Waals surface area (Å²) in [4.78, 5) is 29.3. The van der Waals surface area contributed by atoms with Gasteiger partial charge in [-0.25, -0.2) is 4.98 Å². The molecule has 2 aromatic carbocycles. The lowest BCUT2D eigenvalue weighted by Gasteiger charge is -2.12. The minimum absolute atomic E-state index is 0.190. The van der Waals surface area contributed by atoms with Crippen LogP contribution in [0, 0.1) is 6.92 Å². The zero-order valence-electron chi connectivity index (χ0n) is 16.8. The average molecular weight is 410 g/mol. The van der Waals surface area contributed by atoms with E-state index in [0.717, 1.165) is 17.0 Å². The number of nitrogens with zero attached hydrogens (tertiary/aromatic N) is 1. The standard InChI is InChI=1S/C22H23N3O3S/c1-5-15-6-8-16(9-7-15)22-23-13(2)20(29-22)21(27)25-18-12-17(24-14(3)26)10-11-19(18)28-4/h6-12H,5H2,1-4H3,(H,24,26)(H,25,27). The number of methoxy groups -OCH3 is 1. The molecule has 0 aliphatic carbocycles. The zero-order valence-corrected chi connectivity index (χ0v) is 17.6. The van der Waals surface area contributed by atoms with E-state index >= 15 is 0 Å². The molecule has 0 bridgehead atoms. The second-order valence-corrected chi connectivity index (χ2v) is 7.53. The molecule has 0 saturated heterocycles. The number of ether oxygens (including phenoxy) is 1. The Labute approximate surface area is 173 Å². The van der Waals surface area contributed by atoms with E-state index in [0.29, 0.717) is 27.7 Å². The van der Waals surface area contributed by atoms with Gasteiger partial charge >= 0.3 is 0 Å². The van der Waals surface area contributed by atoms with Gasteiger partial charge in [-0.05, 0) is 37.1 Å². The second-order valence-electron chi connectivity index (χ2n) is 6.53. The number of nitrogens with one attached hydrogen (secondary N) is 2. The summed E-state index contributed by atoms with van der Waals surface area (Å²) in [6, 6.07) is 13.3. The summed E-state index contributed by atoms with van der Waals surface area (Å²) in [5.41, 5.74) is 3.96. The Morgan fingerprint density at radius 1 is 1.10 bits per heavy atom. The van der Waals surface area contributed by atoms with E-state index in [1.807, 2.05) is 19.1 Å². The smallest absolute Gasteiger partial charge is 0.267 e. The van der Waals surface area contributed by atoms with Gasteiger partial charge in [-0.1, -0.05) is 31.2 Å². The predicted octanol–water partition coefficient (Wildman–Crippen LogP) is 4.90. The molecule has 0 atom stereocenters. The highest BCUT2D eigenvalue weighted by molar-refractivity contribution is 7.17. The fourth-order valence-electron chi connectivity index (χ4n) is 2.88. The summed E-state index contributed by atoms with van der Waals surface area (Å²) in [6.45, 7) is 5.36. The highest BCUT2D eigenvalue weighted by Gasteiger charge is 2.18. The first-order valence-corrected chi connectivity index (χ1v) is 10.1. The van der Waals surface area contributed by atoms with Crippen molar-refractivity contribution in [2.45, 2.75) is 27.2 Å². The minimum Gasteiger partial charge on any atom is -0.495 e. The molecule has 29 heavy (non-hydrogen) atoms. The van der Waals surface area contributed by atoms with Crippen LogP contribution in [0.5, 0.6) is 5.75 Å². The molecule has 0 unspecified atom stereocenters. The molecule has 2 amide bonds. The highest BCUT2D eigenvalue weighted by atomic mass is 32.1. The van der Waals surface area contributed by atoms with Crippen LogP contribution in [-0.4, -0.2) is 23.9 Å². The SMILES string of the molecule is CCc1ccc(-c2nc(C)c(C(=O)Nc3cc(NC(C)=O)ccc3OC)s2)cc1. The molecule has 0 radical (unpaired) electrons. The predicted molar refractivity (Wildman–Crippen MR) is 117 cm³/mol. The summed E-state index contributed by atoms with van der Waals surface area (Å²) in [6.07, 6.45) is 0.976. The second kappa shape index (κ2) is 8.87. The molecule has 6 nitrogen and oxygen atoms in total. The van der Waals surface area contributed by atoms with E-state index in [1.165, 1.54) is 30.9 Å². The number of carbonyl (C=O) groups excluding carboxylic acids is 2. The molecule has 0 fully saturated rings. The molecule has 3 rings (SSSR count). The number of aryl methyl sites for hydroxylation is 2. The summed E-state index contributed by atoms with van der Waals surface area (Å²) >= 11 is 1.35. The summed E-state index contributed by atoms with van der Waals surface area (Å²) in [5, 5.41) is 6.37.